The molecule has 2 aliphatic rings. The van der Waals surface area contributed by atoms with E-state index in [1.165, 1.54) is 18.4 Å². The molecule has 2 aromatic heterocycles. The van der Waals surface area contributed by atoms with E-state index in [-0.39, 0.29) is 18.1 Å². The topological polar surface area (TPSA) is 55.6 Å². The van der Waals surface area contributed by atoms with Crippen molar-refractivity contribution in [3.63, 3.8) is 0 Å². The first-order valence-electron chi connectivity index (χ1n) is 8.66. The van der Waals surface area contributed by atoms with Crippen LogP contribution >= 0.6 is 0 Å². The molecule has 2 fully saturated rings. The third kappa shape index (κ3) is 3.36. The van der Waals surface area contributed by atoms with Crippen LogP contribution in [-0.2, 0) is 11.2 Å². The Hall–Kier alpha value is -2.14. The molecule has 4 rings (SSSR count). The minimum atomic E-state index is -0.0448. The Morgan fingerprint density at radius 3 is 2.79 bits per heavy atom. The van der Waals surface area contributed by atoms with Gasteiger partial charge in [0.2, 0.25) is 0 Å². The average Bonchev–Trinajstić information content (AvgIpc) is 3.12. The molecule has 5 heteroatoms. The van der Waals surface area contributed by atoms with E-state index in [0.717, 1.165) is 25.4 Å². The number of rotatable bonds is 6. The standard InChI is InChI=1S/C19H22N2O3/c22-19(18-2-1-11-23-18)21-10-7-17(24-13-15-3-4-15)16(21)12-14-5-8-20-9-6-14/h1-2,5-6,8-9,11,15-17H,3-4,7,10,12-13H2/t16-,17+/m0/s1. The SMILES string of the molecule is O=C(c1ccco1)N1CC[C@@H](OCC2CC2)[C@@H]1Cc1ccncc1. The Balaban J connectivity index is 1.51. The van der Waals surface area contributed by atoms with Crippen molar-refractivity contribution in [1.82, 2.24) is 9.88 Å². The number of likely N-dealkylation sites (tertiary alicyclic amines) is 1. The molecule has 126 valence electrons. The number of amides is 1. The molecule has 0 aromatic carbocycles. The fourth-order valence-corrected chi connectivity index (χ4v) is 3.36. The Kier molecular flexibility index (Phi) is 4.34. The number of furan rings is 1. The van der Waals surface area contributed by atoms with Crippen molar-refractivity contribution in [2.24, 2.45) is 5.92 Å². The van der Waals surface area contributed by atoms with Gasteiger partial charge in [0.15, 0.2) is 5.76 Å². The predicted molar refractivity (Wildman–Crippen MR) is 88.6 cm³/mol. The van der Waals surface area contributed by atoms with Crippen molar-refractivity contribution in [1.29, 1.82) is 0 Å². The summed E-state index contributed by atoms with van der Waals surface area (Å²) >= 11 is 0. The Labute approximate surface area is 141 Å². The number of carbonyl (C=O) groups excluding carboxylic acids is 1. The third-order valence-corrected chi connectivity index (χ3v) is 4.91. The zero-order chi connectivity index (χ0) is 16.4. The maximum Gasteiger partial charge on any atom is 0.289 e. The van der Waals surface area contributed by atoms with Gasteiger partial charge < -0.3 is 14.1 Å². The van der Waals surface area contributed by atoms with Crippen molar-refractivity contribution >= 4 is 5.91 Å². The third-order valence-electron chi connectivity index (χ3n) is 4.91. The lowest BCUT2D eigenvalue weighted by molar-refractivity contribution is 0.0192. The lowest BCUT2D eigenvalue weighted by Crippen LogP contribution is -2.42. The highest BCUT2D eigenvalue weighted by Crippen LogP contribution is 2.32. The van der Waals surface area contributed by atoms with Crippen LogP contribution in [0.1, 0.15) is 35.4 Å². The van der Waals surface area contributed by atoms with Crippen LogP contribution in [0.4, 0.5) is 0 Å². The molecule has 0 bridgehead atoms. The zero-order valence-electron chi connectivity index (χ0n) is 13.6. The van der Waals surface area contributed by atoms with Gasteiger partial charge in [0, 0.05) is 25.5 Å². The van der Waals surface area contributed by atoms with Gasteiger partial charge in [-0.3, -0.25) is 9.78 Å². The van der Waals surface area contributed by atoms with Gasteiger partial charge in [0.05, 0.1) is 18.4 Å². The van der Waals surface area contributed by atoms with Gasteiger partial charge in [0.25, 0.3) is 5.91 Å². The van der Waals surface area contributed by atoms with Crippen LogP contribution < -0.4 is 0 Å². The lowest BCUT2D eigenvalue weighted by Gasteiger charge is -2.28. The zero-order valence-corrected chi connectivity index (χ0v) is 13.6. The van der Waals surface area contributed by atoms with Crippen LogP contribution in [0.25, 0.3) is 0 Å². The Morgan fingerprint density at radius 2 is 2.08 bits per heavy atom. The highest BCUT2D eigenvalue weighted by atomic mass is 16.5. The molecule has 1 saturated heterocycles. The summed E-state index contributed by atoms with van der Waals surface area (Å²) in [6, 6.07) is 7.54. The van der Waals surface area contributed by atoms with E-state index in [0.29, 0.717) is 12.3 Å². The highest BCUT2D eigenvalue weighted by molar-refractivity contribution is 5.92. The highest BCUT2D eigenvalue weighted by Gasteiger charge is 2.39. The van der Waals surface area contributed by atoms with E-state index in [9.17, 15) is 4.79 Å². The van der Waals surface area contributed by atoms with Crippen LogP contribution in [0, 0.1) is 5.92 Å². The summed E-state index contributed by atoms with van der Waals surface area (Å²) in [5, 5.41) is 0. The minimum Gasteiger partial charge on any atom is -0.459 e. The number of pyridine rings is 1. The Bertz CT molecular complexity index is 667. The van der Waals surface area contributed by atoms with Crippen molar-refractivity contribution in [2.75, 3.05) is 13.2 Å². The average molecular weight is 326 g/mol. The van der Waals surface area contributed by atoms with Gasteiger partial charge in [-0.1, -0.05) is 0 Å². The first-order valence-corrected chi connectivity index (χ1v) is 8.66. The second-order valence-corrected chi connectivity index (χ2v) is 6.71. The van der Waals surface area contributed by atoms with E-state index in [2.05, 4.69) is 4.98 Å². The van der Waals surface area contributed by atoms with Crippen LogP contribution in [0.2, 0.25) is 0 Å². The van der Waals surface area contributed by atoms with E-state index >= 15 is 0 Å². The van der Waals surface area contributed by atoms with Crippen LogP contribution in [0.5, 0.6) is 0 Å². The molecular weight excluding hydrogens is 304 g/mol. The molecule has 1 aliphatic heterocycles. The number of ether oxygens (including phenoxy) is 1. The number of aromatic nitrogens is 1. The Morgan fingerprint density at radius 1 is 1.25 bits per heavy atom. The minimum absolute atomic E-state index is 0.0448. The fraction of sp³-hybridized carbons (Fsp3) is 0.474. The molecule has 0 unspecified atom stereocenters. The first-order chi connectivity index (χ1) is 11.8. The number of carbonyl (C=O) groups is 1. The van der Waals surface area contributed by atoms with E-state index in [1.807, 2.05) is 17.0 Å². The smallest absolute Gasteiger partial charge is 0.289 e. The normalized spacial score (nSPS) is 23.6. The molecule has 0 N–H and O–H groups in total. The van der Waals surface area contributed by atoms with Gasteiger partial charge in [-0.15, -0.1) is 0 Å². The lowest BCUT2D eigenvalue weighted by atomic mass is 10.0. The van der Waals surface area contributed by atoms with Gasteiger partial charge in [-0.05, 0) is 61.4 Å². The van der Waals surface area contributed by atoms with Gasteiger partial charge in [0.1, 0.15) is 0 Å². The van der Waals surface area contributed by atoms with Crippen molar-refractivity contribution in [2.45, 2.75) is 37.8 Å². The van der Waals surface area contributed by atoms with Crippen LogP contribution in [0.15, 0.2) is 47.3 Å². The van der Waals surface area contributed by atoms with Crippen LogP contribution in [0.3, 0.4) is 0 Å². The largest absolute Gasteiger partial charge is 0.459 e. The summed E-state index contributed by atoms with van der Waals surface area (Å²) in [5.41, 5.74) is 1.18. The van der Waals surface area contributed by atoms with Crippen molar-refractivity contribution in [3.8, 4) is 0 Å². The van der Waals surface area contributed by atoms with Crippen molar-refractivity contribution in [3.05, 3.63) is 54.2 Å². The predicted octanol–water partition coefficient (Wildman–Crippen LogP) is 2.93. The number of nitrogens with zero attached hydrogens (tertiary/aromatic N) is 2. The van der Waals surface area contributed by atoms with E-state index < -0.39 is 0 Å². The molecule has 1 aliphatic carbocycles. The fourth-order valence-electron chi connectivity index (χ4n) is 3.36. The van der Waals surface area contributed by atoms with Gasteiger partial charge >= 0.3 is 0 Å². The number of hydrogen-bond donors (Lipinski definition) is 0. The summed E-state index contributed by atoms with van der Waals surface area (Å²) in [5.74, 6) is 1.08. The molecule has 24 heavy (non-hydrogen) atoms. The molecule has 1 saturated carbocycles. The van der Waals surface area contributed by atoms with E-state index in [4.69, 9.17) is 9.15 Å². The summed E-state index contributed by atoms with van der Waals surface area (Å²) in [4.78, 5) is 18.8. The molecule has 0 spiro atoms. The summed E-state index contributed by atoms with van der Waals surface area (Å²) in [7, 11) is 0. The molecule has 2 atom stereocenters. The van der Waals surface area contributed by atoms with Gasteiger partial charge in [-0.25, -0.2) is 0 Å². The maximum absolute atomic E-state index is 12.8. The summed E-state index contributed by atoms with van der Waals surface area (Å²) in [6.45, 7) is 1.53. The first kappa shape index (κ1) is 15.4. The summed E-state index contributed by atoms with van der Waals surface area (Å²) < 4.78 is 11.5. The second-order valence-electron chi connectivity index (χ2n) is 6.71. The summed E-state index contributed by atoms with van der Waals surface area (Å²) in [6.07, 6.45) is 9.44. The van der Waals surface area contributed by atoms with E-state index in [1.54, 1.807) is 30.8 Å². The van der Waals surface area contributed by atoms with Crippen molar-refractivity contribution < 1.29 is 13.9 Å². The molecule has 1 amide bonds. The molecule has 0 radical (unpaired) electrons. The second kappa shape index (κ2) is 6.77. The molecule has 5 nitrogen and oxygen atoms in total. The quantitative estimate of drug-likeness (QED) is 0.819. The molecule has 2 aromatic rings. The number of hydrogen-bond acceptors (Lipinski definition) is 4. The maximum atomic E-state index is 12.8. The van der Waals surface area contributed by atoms with Crippen LogP contribution in [-0.4, -0.2) is 41.1 Å². The molecular formula is C19H22N2O3. The van der Waals surface area contributed by atoms with Gasteiger partial charge in [-0.2, -0.15) is 0 Å². The molecule has 3 heterocycles. The monoisotopic (exact) mass is 326 g/mol.